The molecule has 1 aliphatic rings. The van der Waals surface area contributed by atoms with Crippen molar-refractivity contribution in [1.29, 1.82) is 0 Å². The van der Waals surface area contributed by atoms with Crippen LogP contribution in [0.4, 0.5) is 23.5 Å². The molecule has 1 saturated carbocycles. The van der Waals surface area contributed by atoms with E-state index in [2.05, 4.69) is 20.5 Å². The van der Waals surface area contributed by atoms with Crippen molar-refractivity contribution in [3.05, 3.63) is 29.2 Å². The number of aryl methyl sites for hydroxylation is 1. The van der Waals surface area contributed by atoms with Gasteiger partial charge in [0.2, 0.25) is 5.95 Å². The molecule has 3 rings (SSSR count). The van der Waals surface area contributed by atoms with Crippen LogP contribution < -0.4 is 5.32 Å². The lowest BCUT2D eigenvalue weighted by atomic mass is 9.93. The maximum Gasteiger partial charge on any atom is 0.419 e. The second-order valence-electron chi connectivity index (χ2n) is 6.58. The van der Waals surface area contributed by atoms with Crippen LogP contribution in [0.25, 0.3) is 11.3 Å². The lowest BCUT2D eigenvalue weighted by Gasteiger charge is -2.26. The number of hydrogen-bond donors (Lipinski definition) is 3. The van der Waals surface area contributed by atoms with Crippen molar-refractivity contribution >= 4 is 5.95 Å². The highest BCUT2D eigenvalue weighted by Crippen LogP contribution is 2.38. The second-order valence-corrected chi connectivity index (χ2v) is 6.58. The molecule has 1 heterocycles. The summed E-state index contributed by atoms with van der Waals surface area (Å²) in [5.41, 5.74) is -1.54. The zero-order valence-electron chi connectivity index (χ0n) is 14.4. The van der Waals surface area contributed by atoms with Crippen molar-refractivity contribution in [3.63, 3.8) is 0 Å². The van der Waals surface area contributed by atoms with Crippen molar-refractivity contribution in [2.24, 2.45) is 0 Å². The molecule has 0 radical (unpaired) electrons. The first-order valence-electron chi connectivity index (χ1n) is 8.41. The lowest BCUT2D eigenvalue weighted by Crippen LogP contribution is -2.30. The fourth-order valence-electron chi connectivity index (χ4n) is 3.16. The predicted octanol–water partition coefficient (Wildman–Crippen LogP) is 3.43. The third-order valence-electron chi connectivity index (χ3n) is 4.49. The number of benzene rings is 1. The molecule has 0 unspecified atom stereocenters. The van der Waals surface area contributed by atoms with E-state index in [0.717, 1.165) is 19.3 Å². The molecule has 0 amide bonds. The van der Waals surface area contributed by atoms with E-state index in [1.165, 1.54) is 6.92 Å². The molecule has 1 aromatic heterocycles. The van der Waals surface area contributed by atoms with Crippen molar-refractivity contribution in [1.82, 2.24) is 15.2 Å². The van der Waals surface area contributed by atoms with Crippen molar-refractivity contribution in [2.75, 3.05) is 5.32 Å². The number of aliphatic hydroxyl groups is 1. The number of alkyl halides is 3. The molecule has 1 aliphatic carbocycles. The number of aliphatic hydroxyl groups excluding tert-OH is 1. The summed E-state index contributed by atoms with van der Waals surface area (Å²) in [4.78, 5) is 4.19. The van der Waals surface area contributed by atoms with E-state index in [4.69, 9.17) is 0 Å². The van der Waals surface area contributed by atoms with Gasteiger partial charge in [-0.1, -0.05) is 0 Å². The van der Waals surface area contributed by atoms with Crippen LogP contribution in [0.2, 0.25) is 0 Å². The Balaban J connectivity index is 1.87. The number of aromatic hydroxyl groups is 1. The Hall–Kier alpha value is -2.49. The molecule has 6 nitrogen and oxygen atoms in total. The Morgan fingerprint density at radius 3 is 2.56 bits per heavy atom. The number of halogens is 4. The number of nitrogens with one attached hydrogen (secondary N) is 1. The average Bonchev–Trinajstić information content (AvgIpc) is 2.56. The number of aromatic nitrogens is 3. The summed E-state index contributed by atoms with van der Waals surface area (Å²) in [7, 11) is 0. The zero-order chi connectivity index (χ0) is 19.8. The van der Waals surface area contributed by atoms with Crippen LogP contribution in [-0.2, 0) is 6.18 Å². The summed E-state index contributed by atoms with van der Waals surface area (Å²) in [6, 6.07) is 0.876. The van der Waals surface area contributed by atoms with Crippen LogP contribution in [-0.4, -0.2) is 37.5 Å². The van der Waals surface area contributed by atoms with E-state index >= 15 is 0 Å². The number of anilines is 1. The topological polar surface area (TPSA) is 91.2 Å². The molecule has 2 aromatic rings. The molecule has 0 aliphatic heterocycles. The van der Waals surface area contributed by atoms with Gasteiger partial charge in [0.1, 0.15) is 17.3 Å². The Morgan fingerprint density at radius 2 is 1.93 bits per heavy atom. The molecule has 146 valence electrons. The van der Waals surface area contributed by atoms with Gasteiger partial charge in [0.15, 0.2) is 0 Å². The van der Waals surface area contributed by atoms with E-state index in [9.17, 15) is 27.8 Å². The van der Waals surface area contributed by atoms with Gasteiger partial charge in [0, 0.05) is 11.6 Å². The second kappa shape index (κ2) is 7.26. The fourth-order valence-corrected chi connectivity index (χ4v) is 3.16. The summed E-state index contributed by atoms with van der Waals surface area (Å²) >= 11 is 0. The third-order valence-corrected chi connectivity index (χ3v) is 4.49. The maximum atomic E-state index is 13.8. The van der Waals surface area contributed by atoms with Crippen LogP contribution in [0.15, 0.2) is 12.1 Å². The van der Waals surface area contributed by atoms with E-state index in [-0.39, 0.29) is 28.9 Å². The summed E-state index contributed by atoms with van der Waals surface area (Å²) in [5.74, 6) is -2.09. The van der Waals surface area contributed by atoms with Gasteiger partial charge >= 0.3 is 6.18 Å². The first-order valence-corrected chi connectivity index (χ1v) is 8.41. The summed E-state index contributed by atoms with van der Waals surface area (Å²) in [6.07, 6.45) is -2.31. The third kappa shape index (κ3) is 4.26. The Morgan fingerprint density at radius 1 is 1.19 bits per heavy atom. The van der Waals surface area contributed by atoms with E-state index < -0.39 is 29.4 Å². The Bertz CT molecular complexity index is 844. The average molecular weight is 386 g/mol. The number of phenols is 1. The van der Waals surface area contributed by atoms with Crippen molar-refractivity contribution in [2.45, 2.75) is 50.9 Å². The summed E-state index contributed by atoms with van der Waals surface area (Å²) in [6.45, 7) is 1.53. The van der Waals surface area contributed by atoms with Crippen molar-refractivity contribution < 1.29 is 27.8 Å². The first kappa shape index (κ1) is 19.3. The van der Waals surface area contributed by atoms with Gasteiger partial charge in [-0.3, -0.25) is 0 Å². The molecule has 0 bridgehead atoms. The van der Waals surface area contributed by atoms with Gasteiger partial charge in [0.25, 0.3) is 0 Å². The van der Waals surface area contributed by atoms with Crippen molar-refractivity contribution in [3.8, 4) is 17.0 Å². The zero-order valence-corrected chi connectivity index (χ0v) is 14.4. The molecular weight excluding hydrogens is 368 g/mol. The minimum absolute atomic E-state index is 0.0160. The highest BCUT2D eigenvalue weighted by atomic mass is 19.4. The van der Waals surface area contributed by atoms with Gasteiger partial charge in [-0.2, -0.15) is 13.2 Å². The predicted molar refractivity (Wildman–Crippen MR) is 88.5 cm³/mol. The van der Waals surface area contributed by atoms with Crippen LogP contribution >= 0.6 is 0 Å². The monoisotopic (exact) mass is 386 g/mol. The molecule has 3 N–H and O–H groups in total. The van der Waals surface area contributed by atoms with Crippen LogP contribution in [0.1, 0.15) is 36.9 Å². The molecule has 1 aromatic carbocycles. The molecule has 1 fully saturated rings. The number of phenolic OH excluding ortho intramolecular Hbond substituents is 1. The van der Waals surface area contributed by atoms with E-state index in [1.54, 1.807) is 0 Å². The Labute approximate surface area is 152 Å². The normalized spacial score (nSPS) is 20.5. The minimum atomic E-state index is -4.92. The first-order chi connectivity index (χ1) is 12.6. The van der Waals surface area contributed by atoms with Crippen LogP contribution in [0.5, 0.6) is 5.75 Å². The molecular formula is C17H18F4N4O2. The molecule has 2 atom stereocenters. The van der Waals surface area contributed by atoms with Gasteiger partial charge in [-0.25, -0.2) is 9.37 Å². The lowest BCUT2D eigenvalue weighted by molar-refractivity contribution is -0.140. The Kier molecular flexibility index (Phi) is 5.18. The van der Waals surface area contributed by atoms with E-state index in [1.807, 2.05) is 0 Å². The maximum absolute atomic E-state index is 13.8. The number of nitrogens with zero attached hydrogens (tertiary/aromatic N) is 3. The molecule has 0 spiro atoms. The van der Waals surface area contributed by atoms with Gasteiger partial charge in [0.05, 0.1) is 17.4 Å². The molecule has 27 heavy (non-hydrogen) atoms. The smallest absolute Gasteiger partial charge is 0.419 e. The van der Waals surface area contributed by atoms with E-state index in [0.29, 0.717) is 18.6 Å². The number of rotatable bonds is 3. The summed E-state index contributed by atoms with van der Waals surface area (Å²) in [5, 5.41) is 30.4. The van der Waals surface area contributed by atoms with Crippen LogP contribution in [0, 0.1) is 12.7 Å². The quantitative estimate of drug-likeness (QED) is 0.701. The molecule has 10 heteroatoms. The van der Waals surface area contributed by atoms with Gasteiger partial charge in [-0.15, -0.1) is 10.2 Å². The standard InChI is InChI=1S/C17H18F4N4O2/c1-8-15(11-6-13(18)12(7-14(11)27)17(19,20)21)24-25-16(22-8)23-9-3-2-4-10(26)5-9/h6-7,9-10,26-27H,2-5H2,1H3,(H,22,23,25)/t9-,10+/m1/s1. The largest absolute Gasteiger partial charge is 0.507 e. The fraction of sp³-hybridized carbons (Fsp3) is 0.471. The highest BCUT2D eigenvalue weighted by Gasteiger charge is 2.35. The van der Waals surface area contributed by atoms with Gasteiger partial charge < -0.3 is 15.5 Å². The summed E-state index contributed by atoms with van der Waals surface area (Å²) < 4.78 is 52.0. The van der Waals surface area contributed by atoms with Crippen LogP contribution in [0.3, 0.4) is 0 Å². The molecule has 0 saturated heterocycles. The minimum Gasteiger partial charge on any atom is -0.507 e. The highest BCUT2D eigenvalue weighted by molar-refractivity contribution is 5.69. The number of hydrogen-bond acceptors (Lipinski definition) is 6. The van der Waals surface area contributed by atoms with Gasteiger partial charge in [-0.05, 0) is 44.7 Å². The SMILES string of the molecule is Cc1nc(N[C@@H]2CCC[C@H](O)C2)nnc1-c1cc(F)c(C(F)(F)F)cc1O.